The molecule has 1 N–H and O–H groups in total. The molecule has 0 bridgehead atoms. The molecule has 1 nitrogen and oxygen atoms in total. The summed E-state index contributed by atoms with van der Waals surface area (Å²) in [6.07, 6.45) is 4.21. The van der Waals surface area contributed by atoms with Crippen molar-refractivity contribution in [3.05, 3.63) is 42.5 Å². The maximum Gasteiger partial charge on any atom is 0.119 e. The summed E-state index contributed by atoms with van der Waals surface area (Å²) < 4.78 is 0. The van der Waals surface area contributed by atoms with Gasteiger partial charge in [0, 0.05) is 19.1 Å². The third-order valence-electron chi connectivity index (χ3n) is 4.07. The zero-order valence-electron chi connectivity index (χ0n) is 11.0. The van der Waals surface area contributed by atoms with Crippen molar-refractivity contribution < 1.29 is 5.11 Å². The molecule has 1 fully saturated rings. The van der Waals surface area contributed by atoms with E-state index >= 15 is 0 Å². The predicted molar refractivity (Wildman–Crippen MR) is 76.3 cm³/mol. The second-order valence-electron chi connectivity index (χ2n) is 6.29. The fourth-order valence-electron chi connectivity index (χ4n) is 3.23. The van der Waals surface area contributed by atoms with Crippen molar-refractivity contribution in [2.75, 3.05) is 0 Å². The summed E-state index contributed by atoms with van der Waals surface area (Å²) in [5.41, 5.74) is 2.08. The van der Waals surface area contributed by atoms with Crippen LogP contribution < -0.4 is 0 Å². The molecule has 92 valence electrons. The molecule has 1 aromatic rings. The molecule has 0 unspecified atom stereocenters. The number of allylic oxidation sites excluding steroid dienone is 1. The van der Waals surface area contributed by atoms with E-state index in [1.807, 2.05) is 18.2 Å². The minimum absolute atomic E-state index is 0.178. The highest BCUT2D eigenvalue weighted by Crippen LogP contribution is 2.67. The summed E-state index contributed by atoms with van der Waals surface area (Å²) in [6, 6.07) is 7.81. The van der Waals surface area contributed by atoms with E-state index in [-0.39, 0.29) is 5.41 Å². The quantitative estimate of drug-likeness (QED) is 0.619. The highest BCUT2D eigenvalue weighted by molar-refractivity contribution is 6.78. The number of benzene rings is 1. The van der Waals surface area contributed by atoms with Gasteiger partial charge in [-0.2, -0.15) is 0 Å². The lowest BCUT2D eigenvalue weighted by Crippen LogP contribution is -2.25. The molecule has 2 atom stereocenters. The van der Waals surface area contributed by atoms with Gasteiger partial charge < -0.3 is 5.11 Å². The zero-order chi connectivity index (χ0) is 12.7. The van der Waals surface area contributed by atoms with Crippen LogP contribution in [0.1, 0.15) is 18.4 Å². The first kappa shape index (κ1) is 12.4. The molecule has 0 spiro atoms. The van der Waals surface area contributed by atoms with Crippen molar-refractivity contribution in [2.45, 2.75) is 43.4 Å². The van der Waals surface area contributed by atoms with Gasteiger partial charge in [0.2, 0.25) is 0 Å². The first-order chi connectivity index (χ1) is 7.92. The van der Waals surface area contributed by atoms with Crippen LogP contribution in [0.25, 0.3) is 0 Å². The summed E-state index contributed by atoms with van der Waals surface area (Å²) >= 11 is 0. The topological polar surface area (TPSA) is 20.2 Å². The summed E-state index contributed by atoms with van der Waals surface area (Å²) in [5.74, 6) is 0.454. The molecule has 1 aliphatic rings. The lowest BCUT2D eigenvalue weighted by atomic mass is 9.91. The largest absolute Gasteiger partial charge is 0.508 e. The van der Waals surface area contributed by atoms with Gasteiger partial charge in [-0.05, 0) is 24.4 Å². The highest BCUT2D eigenvalue weighted by atomic mass is 28.3. The van der Waals surface area contributed by atoms with E-state index in [2.05, 4.69) is 32.3 Å². The minimum atomic E-state index is -1.16. The van der Waals surface area contributed by atoms with Crippen molar-refractivity contribution in [2.24, 2.45) is 0 Å². The lowest BCUT2D eigenvalue weighted by Gasteiger charge is -2.24. The summed E-state index contributed by atoms with van der Waals surface area (Å²) in [6.45, 7) is 11.1. The molecule has 1 saturated carbocycles. The molecule has 0 saturated heterocycles. The molecule has 0 amide bonds. The van der Waals surface area contributed by atoms with Crippen LogP contribution in [-0.2, 0) is 5.41 Å². The zero-order valence-corrected chi connectivity index (χ0v) is 12.0. The lowest BCUT2D eigenvalue weighted by molar-refractivity contribution is 0.458. The number of phenols is 1. The minimum Gasteiger partial charge on any atom is -0.508 e. The monoisotopic (exact) mass is 246 g/mol. The van der Waals surface area contributed by atoms with Gasteiger partial charge >= 0.3 is 0 Å². The van der Waals surface area contributed by atoms with Crippen LogP contribution in [-0.4, -0.2) is 13.2 Å². The van der Waals surface area contributed by atoms with E-state index in [9.17, 15) is 5.11 Å². The van der Waals surface area contributed by atoms with Gasteiger partial charge in [0.1, 0.15) is 5.75 Å². The van der Waals surface area contributed by atoms with Crippen molar-refractivity contribution >= 4 is 8.07 Å². The van der Waals surface area contributed by atoms with Gasteiger partial charge in [-0.25, -0.2) is 0 Å². The van der Waals surface area contributed by atoms with Crippen LogP contribution in [0, 0.1) is 0 Å². The van der Waals surface area contributed by atoms with Gasteiger partial charge in [-0.1, -0.05) is 43.9 Å². The van der Waals surface area contributed by atoms with Gasteiger partial charge in [-0.15, -0.1) is 6.58 Å². The Hall–Kier alpha value is -1.02. The number of aromatic hydroxyl groups is 1. The van der Waals surface area contributed by atoms with E-state index in [1.165, 1.54) is 6.42 Å². The highest BCUT2D eigenvalue weighted by Gasteiger charge is 2.60. The fourth-order valence-corrected chi connectivity index (χ4v) is 6.13. The van der Waals surface area contributed by atoms with Crippen LogP contribution in [0.3, 0.4) is 0 Å². The van der Waals surface area contributed by atoms with Crippen LogP contribution >= 0.6 is 0 Å². The van der Waals surface area contributed by atoms with Crippen molar-refractivity contribution in [1.82, 2.24) is 0 Å². The Bertz CT molecular complexity index is 433. The van der Waals surface area contributed by atoms with Gasteiger partial charge in [-0.3, -0.25) is 0 Å². The van der Waals surface area contributed by atoms with Crippen LogP contribution in [0.5, 0.6) is 5.75 Å². The molecule has 1 aromatic carbocycles. The molecule has 0 aliphatic heterocycles. The van der Waals surface area contributed by atoms with Gasteiger partial charge in [0.25, 0.3) is 0 Å². The molecule has 0 heterocycles. The Balaban J connectivity index is 2.39. The standard InChI is InChI=1S/C15H22OSi/c1-5-10-15(11-14(15)17(2,3)4)12-8-6-7-9-13(12)16/h5-9,14,16H,1,10-11H2,2-4H3/t14-,15+/m1/s1. The summed E-state index contributed by atoms with van der Waals surface area (Å²) in [7, 11) is -1.16. The maximum absolute atomic E-state index is 10.1. The number of rotatable bonds is 4. The molecule has 0 radical (unpaired) electrons. The van der Waals surface area contributed by atoms with E-state index in [0.29, 0.717) is 5.75 Å². The Morgan fingerprint density at radius 3 is 2.53 bits per heavy atom. The Morgan fingerprint density at radius 1 is 1.41 bits per heavy atom. The predicted octanol–water partition coefficient (Wildman–Crippen LogP) is 4.32. The van der Waals surface area contributed by atoms with E-state index in [1.54, 1.807) is 6.07 Å². The number of hydrogen-bond acceptors (Lipinski definition) is 1. The first-order valence-electron chi connectivity index (χ1n) is 6.31. The smallest absolute Gasteiger partial charge is 0.119 e. The van der Waals surface area contributed by atoms with Crippen molar-refractivity contribution in [1.29, 1.82) is 0 Å². The number of phenolic OH excluding ortho intramolecular Hbond substituents is 1. The van der Waals surface area contributed by atoms with Gasteiger partial charge in [0.15, 0.2) is 0 Å². The molecule has 1 aliphatic carbocycles. The van der Waals surface area contributed by atoms with E-state index in [4.69, 9.17) is 0 Å². The Morgan fingerprint density at radius 2 is 2.06 bits per heavy atom. The average Bonchev–Trinajstić information content (AvgIpc) is 2.94. The number of hydrogen-bond donors (Lipinski definition) is 1. The molecule has 2 heteroatoms. The third kappa shape index (κ3) is 2.06. The van der Waals surface area contributed by atoms with Crippen molar-refractivity contribution in [3.8, 4) is 5.75 Å². The molecular weight excluding hydrogens is 224 g/mol. The van der Waals surface area contributed by atoms with Crippen LogP contribution in [0.4, 0.5) is 0 Å². The normalized spacial score (nSPS) is 27.8. The summed E-state index contributed by atoms with van der Waals surface area (Å²) in [5, 5.41) is 10.1. The van der Waals surface area contributed by atoms with Crippen LogP contribution in [0.2, 0.25) is 25.2 Å². The fraction of sp³-hybridized carbons (Fsp3) is 0.467. The Kier molecular flexibility index (Phi) is 2.94. The maximum atomic E-state index is 10.1. The SMILES string of the molecule is C=CC[C@@]1(c2ccccc2O)C[C@H]1[Si](C)(C)C. The average molecular weight is 246 g/mol. The summed E-state index contributed by atoms with van der Waals surface area (Å²) in [4.78, 5) is 0. The molecule has 2 rings (SSSR count). The van der Waals surface area contributed by atoms with Gasteiger partial charge in [0.05, 0.1) is 0 Å². The molecule has 17 heavy (non-hydrogen) atoms. The molecule has 0 aromatic heterocycles. The third-order valence-corrected chi connectivity index (χ3v) is 6.92. The van der Waals surface area contributed by atoms with E-state index in [0.717, 1.165) is 17.5 Å². The Labute approximate surface area is 105 Å². The van der Waals surface area contributed by atoms with Crippen molar-refractivity contribution in [3.63, 3.8) is 0 Å². The molecular formula is C15H22OSi. The second-order valence-corrected chi connectivity index (χ2v) is 11.7. The first-order valence-corrected chi connectivity index (χ1v) is 9.89. The van der Waals surface area contributed by atoms with E-state index < -0.39 is 8.07 Å². The second kappa shape index (κ2) is 4.02. The number of para-hydroxylation sites is 1. The van der Waals surface area contributed by atoms with Crippen LogP contribution in [0.15, 0.2) is 36.9 Å².